The third-order valence-corrected chi connectivity index (χ3v) is 11.9. The first-order chi connectivity index (χ1) is 23.3. The molecule has 2 aromatic heterocycles. The van der Waals surface area contributed by atoms with Gasteiger partial charge in [-0.1, -0.05) is 35.9 Å². The smallest absolute Gasteiger partial charge is 0.280 e. The molecule has 2 saturated heterocycles. The van der Waals surface area contributed by atoms with Crippen molar-refractivity contribution in [3.63, 3.8) is 0 Å². The standard InChI is InChI=1S/C37H41ClN6O3S/c1-24-23-48-36(42-24)35(46)40-11-14-43-12-9-37(10-13-43)18-28(19-37)34(45)41-21-27-5-6-30-31(26-4-2-3-25(17-26)20-39)22-44(33(30)32(27)38)29-7-15-47-16-8-29/h2-6,17,22-23,28-29H,7-16,18-19,21H2,1H3,(H,40,46)(H,41,45). The van der Waals surface area contributed by atoms with E-state index >= 15 is 0 Å². The third-order valence-electron chi connectivity index (χ3n) is 10.5. The van der Waals surface area contributed by atoms with Crippen molar-refractivity contribution in [3.05, 3.63) is 74.8 Å². The lowest BCUT2D eigenvalue weighted by atomic mass is 9.57. The highest BCUT2D eigenvalue weighted by molar-refractivity contribution is 7.11. The summed E-state index contributed by atoms with van der Waals surface area (Å²) in [6.45, 7) is 7.12. The predicted octanol–water partition coefficient (Wildman–Crippen LogP) is 6.49. The van der Waals surface area contributed by atoms with Crippen molar-refractivity contribution < 1.29 is 14.3 Å². The number of ether oxygens (including phenoxy) is 1. The van der Waals surface area contributed by atoms with E-state index in [0.29, 0.717) is 41.9 Å². The Bertz CT molecular complexity index is 1860. The molecular weight excluding hydrogens is 644 g/mol. The zero-order valence-corrected chi connectivity index (χ0v) is 28.8. The van der Waals surface area contributed by atoms with Crippen molar-refractivity contribution in [3.8, 4) is 17.2 Å². The van der Waals surface area contributed by atoms with Crippen molar-refractivity contribution in [2.45, 2.75) is 58.0 Å². The summed E-state index contributed by atoms with van der Waals surface area (Å²) >= 11 is 8.54. The van der Waals surface area contributed by atoms with Crippen LogP contribution in [0.25, 0.3) is 22.0 Å². The molecule has 2 amide bonds. The summed E-state index contributed by atoms with van der Waals surface area (Å²) in [7, 11) is 0. The van der Waals surface area contributed by atoms with E-state index < -0.39 is 0 Å². The molecule has 11 heteroatoms. The molecule has 2 aromatic carbocycles. The molecule has 3 fully saturated rings. The SMILES string of the molecule is Cc1csc(C(=O)NCCN2CCC3(CC2)CC(C(=O)NCc2ccc4c(-c5cccc(C#N)c5)cn(C5CCOCC5)c4c2Cl)C3)n1. The van der Waals surface area contributed by atoms with Crippen LogP contribution in [0.3, 0.4) is 0 Å². The van der Waals surface area contributed by atoms with E-state index in [4.69, 9.17) is 16.3 Å². The number of benzene rings is 2. The number of rotatable bonds is 9. The molecule has 4 aromatic rings. The van der Waals surface area contributed by atoms with E-state index in [9.17, 15) is 14.9 Å². The number of aryl methyl sites for hydroxylation is 1. The zero-order chi connectivity index (χ0) is 33.3. The Labute approximate surface area is 290 Å². The van der Waals surface area contributed by atoms with Crippen molar-refractivity contribution in [1.82, 2.24) is 25.1 Å². The summed E-state index contributed by atoms with van der Waals surface area (Å²) < 4.78 is 7.94. The summed E-state index contributed by atoms with van der Waals surface area (Å²) in [5, 5.41) is 19.8. The van der Waals surface area contributed by atoms with Crippen LogP contribution in [0.4, 0.5) is 0 Å². The number of likely N-dealkylation sites (tertiary alicyclic amines) is 1. The van der Waals surface area contributed by atoms with Gasteiger partial charge in [0, 0.05) is 73.0 Å². The Balaban J connectivity index is 0.952. The number of nitrogens with one attached hydrogen (secondary N) is 2. The summed E-state index contributed by atoms with van der Waals surface area (Å²) in [6, 6.07) is 14.3. The van der Waals surface area contributed by atoms with Crippen molar-refractivity contribution >= 4 is 45.7 Å². The molecule has 0 bridgehead atoms. The number of hydrogen-bond donors (Lipinski definition) is 2. The van der Waals surface area contributed by atoms with Crippen molar-refractivity contribution in [1.29, 1.82) is 5.26 Å². The number of halogens is 1. The van der Waals surface area contributed by atoms with Gasteiger partial charge in [0.25, 0.3) is 5.91 Å². The van der Waals surface area contributed by atoms with Gasteiger partial charge in [-0.15, -0.1) is 11.3 Å². The summed E-state index contributed by atoms with van der Waals surface area (Å²) in [5.74, 6) is 0.0364. The van der Waals surface area contributed by atoms with Gasteiger partial charge >= 0.3 is 0 Å². The molecule has 48 heavy (non-hydrogen) atoms. The number of nitriles is 1. The maximum atomic E-state index is 13.3. The number of amides is 2. The van der Waals surface area contributed by atoms with Gasteiger partial charge in [-0.25, -0.2) is 4.98 Å². The van der Waals surface area contributed by atoms with Crippen molar-refractivity contribution in [2.24, 2.45) is 11.3 Å². The molecule has 0 unspecified atom stereocenters. The molecule has 0 radical (unpaired) electrons. The topological polar surface area (TPSA) is 112 Å². The average molecular weight is 685 g/mol. The van der Waals surface area contributed by atoms with E-state index in [-0.39, 0.29) is 29.2 Å². The molecule has 2 aliphatic heterocycles. The lowest BCUT2D eigenvalue weighted by molar-refractivity contribution is -0.135. The molecule has 7 rings (SSSR count). The second-order valence-electron chi connectivity index (χ2n) is 13.6. The highest BCUT2D eigenvalue weighted by Crippen LogP contribution is 2.52. The summed E-state index contributed by atoms with van der Waals surface area (Å²) in [6.07, 6.45) is 8.01. The van der Waals surface area contributed by atoms with Crippen LogP contribution in [0.15, 0.2) is 48.0 Å². The fourth-order valence-electron chi connectivity index (χ4n) is 7.74. The van der Waals surface area contributed by atoms with Crippen molar-refractivity contribution in [2.75, 3.05) is 39.4 Å². The van der Waals surface area contributed by atoms with Gasteiger partial charge in [0.1, 0.15) is 0 Å². The average Bonchev–Trinajstić information content (AvgIpc) is 3.72. The van der Waals surface area contributed by atoms with Crippen LogP contribution in [-0.2, 0) is 16.1 Å². The number of thiazole rings is 1. The van der Waals surface area contributed by atoms with E-state index in [1.54, 1.807) is 0 Å². The first-order valence-corrected chi connectivity index (χ1v) is 18.2. The molecule has 1 saturated carbocycles. The van der Waals surface area contributed by atoms with Gasteiger partial charge in [0.15, 0.2) is 5.01 Å². The number of nitrogens with zero attached hydrogens (tertiary/aromatic N) is 4. The van der Waals surface area contributed by atoms with Crippen LogP contribution in [0.5, 0.6) is 0 Å². The van der Waals surface area contributed by atoms with Gasteiger partial charge < -0.3 is 24.8 Å². The fourth-order valence-corrected chi connectivity index (χ4v) is 8.78. The molecule has 2 N–H and O–H groups in total. The van der Waals surface area contributed by atoms with Crippen LogP contribution >= 0.6 is 22.9 Å². The van der Waals surface area contributed by atoms with Gasteiger partial charge in [0.2, 0.25) is 5.91 Å². The van der Waals surface area contributed by atoms with E-state index in [2.05, 4.69) is 43.4 Å². The lowest BCUT2D eigenvalue weighted by Gasteiger charge is -2.51. The van der Waals surface area contributed by atoms with Gasteiger partial charge in [-0.3, -0.25) is 9.59 Å². The number of fused-ring (bicyclic) bond motifs is 1. The van der Waals surface area contributed by atoms with E-state index in [0.717, 1.165) is 91.4 Å². The summed E-state index contributed by atoms with van der Waals surface area (Å²) in [4.78, 5) is 32.3. The number of hydrogen-bond acceptors (Lipinski definition) is 7. The minimum absolute atomic E-state index is 0.0326. The Morgan fingerprint density at radius 3 is 2.67 bits per heavy atom. The highest BCUT2D eigenvalue weighted by Gasteiger charge is 2.48. The number of carbonyl (C=O) groups is 2. The summed E-state index contributed by atoms with van der Waals surface area (Å²) in [5.41, 5.74) is 5.65. The highest BCUT2D eigenvalue weighted by atomic mass is 35.5. The maximum Gasteiger partial charge on any atom is 0.280 e. The second kappa shape index (κ2) is 14.0. The number of piperidine rings is 1. The van der Waals surface area contributed by atoms with E-state index in [1.807, 2.05) is 42.6 Å². The number of aromatic nitrogens is 2. The fraction of sp³-hybridized carbons (Fsp3) is 0.459. The first kappa shape index (κ1) is 32.8. The van der Waals surface area contributed by atoms with E-state index in [1.165, 1.54) is 11.3 Å². The Morgan fingerprint density at radius 2 is 1.94 bits per heavy atom. The molecule has 3 aliphatic rings. The minimum atomic E-state index is -0.101. The van der Waals surface area contributed by atoms with Gasteiger partial charge in [-0.05, 0) is 87.2 Å². The largest absolute Gasteiger partial charge is 0.381 e. The van der Waals surface area contributed by atoms with Gasteiger partial charge in [0.05, 0.1) is 22.2 Å². The molecule has 0 atom stereocenters. The van der Waals surface area contributed by atoms with Gasteiger partial charge in [-0.2, -0.15) is 5.26 Å². The Hall–Kier alpha value is -3.75. The molecule has 1 aliphatic carbocycles. The lowest BCUT2D eigenvalue weighted by Crippen LogP contribution is -2.51. The molecule has 250 valence electrons. The van der Waals surface area contributed by atoms with Crippen LogP contribution in [0.2, 0.25) is 5.02 Å². The second-order valence-corrected chi connectivity index (χ2v) is 14.9. The van der Waals surface area contributed by atoms with Crippen LogP contribution in [0, 0.1) is 29.6 Å². The van der Waals surface area contributed by atoms with Crippen LogP contribution < -0.4 is 10.6 Å². The minimum Gasteiger partial charge on any atom is -0.381 e. The molecule has 4 heterocycles. The normalized spacial score (nSPS) is 18.4. The maximum absolute atomic E-state index is 13.3. The Morgan fingerprint density at radius 1 is 1.15 bits per heavy atom. The monoisotopic (exact) mass is 684 g/mol. The quantitative estimate of drug-likeness (QED) is 0.209. The molecular formula is C37H41ClN6O3S. The van der Waals surface area contributed by atoms with Crippen LogP contribution in [0.1, 0.15) is 71.2 Å². The first-order valence-electron chi connectivity index (χ1n) is 16.9. The zero-order valence-electron chi connectivity index (χ0n) is 27.3. The molecule has 9 nitrogen and oxygen atoms in total. The third kappa shape index (κ3) is 6.74. The Kier molecular flexibility index (Phi) is 9.56. The number of carbonyl (C=O) groups excluding carboxylic acids is 2. The predicted molar refractivity (Wildman–Crippen MR) is 188 cm³/mol. The van der Waals surface area contributed by atoms with Crippen LogP contribution in [-0.4, -0.2) is 65.7 Å². The molecule has 1 spiro atoms.